The Morgan fingerprint density at radius 1 is 0.868 bits per heavy atom. The topological polar surface area (TPSA) is 64.4 Å². The van der Waals surface area contributed by atoms with Gasteiger partial charge < -0.3 is 9.64 Å². The molecule has 0 radical (unpaired) electrons. The van der Waals surface area contributed by atoms with Gasteiger partial charge in [0.05, 0.1) is 29.7 Å². The molecular formula is C32H29N3O3. The van der Waals surface area contributed by atoms with Crippen molar-refractivity contribution in [3.05, 3.63) is 136 Å². The number of nitrogens with zero attached hydrogens (tertiary/aromatic N) is 3. The van der Waals surface area contributed by atoms with E-state index in [4.69, 9.17) is 9.72 Å². The highest BCUT2D eigenvalue weighted by atomic mass is 16.5. The molecule has 0 aliphatic heterocycles. The summed E-state index contributed by atoms with van der Waals surface area (Å²) in [7, 11) is 1.58. The smallest absolute Gasteiger partial charge is 0.266 e. The molecular weight excluding hydrogens is 474 g/mol. The molecule has 38 heavy (non-hydrogen) atoms. The van der Waals surface area contributed by atoms with Crippen LogP contribution in [0.25, 0.3) is 16.6 Å². The largest absolute Gasteiger partial charge is 0.495 e. The third-order valence-corrected chi connectivity index (χ3v) is 6.73. The molecule has 5 rings (SSSR count). The molecule has 1 amide bonds. The number of rotatable bonds is 8. The van der Waals surface area contributed by atoms with E-state index >= 15 is 0 Å². The van der Waals surface area contributed by atoms with Crippen molar-refractivity contribution in [1.82, 2.24) is 14.5 Å². The second-order valence-electron chi connectivity index (χ2n) is 9.08. The van der Waals surface area contributed by atoms with Gasteiger partial charge in [-0.05, 0) is 55.3 Å². The number of carbonyl (C=O) groups is 1. The van der Waals surface area contributed by atoms with Crippen molar-refractivity contribution in [3.63, 3.8) is 0 Å². The Hall–Kier alpha value is -4.71. The molecule has 1 aromatic heterocycles. The van der Waals surface area contributed by atoms with Crippen LogP contribution in [-0.4, -0.2) is 34.0 Å². The Labute approximate surface area is 221 Å². The zero-order valence-corrected chi connectivity index (χ0v) is 21.5. The summed E-state index contributed by atoms with van der Waals surface area (Å²) < 4.78 is 7.20. The summed E-state index contributed by atoms with van der Waals surface area (Å²) in [6.07, 6.45) is 0.663. The Morgan fingerprint density at radius 2 is 1.50 bits per heavy atom. The first-order valence-electron chi connectivity index (χ1n) is 12.6. The molecule has 0 fully saturated rings. The van der Waals surface area contributed by atoms with E-state index in [2.05, 4.69) is 12.1 Å². The molecule has 4 aromatic carbocycles. The van der Waals surface area contributed by atoms with E-state index in [1.807, 2.05) is 97.9 Å². The maximum atomic E-state index is 13.9. The number of para-hydroxylation sites is 3. The maximum absolute atomic E-state index is 13.9. The van der Waals surface area contributed by atoms with Gasteiger partial charge in [0, 0.05) is 12.1 Å². The highest BCUT2D eigenvalue weighted by Crippen LogP contribution is 2.28. The van der Waals surface area contributed by atoms with Crippen LogP contribution in [-0.2, 0) is 6.42 Å². The van der Waals surface area contributed by atoms with Gasteiger partial charge in [-0.2, -0.15) is 0 Å². The predicted octanol–water partition coefficient (Wildman–Crippen LogP) is 5.84. The zero-order chi connectivity index (χ0) is 26.5. The average Bonchev–Trinajstić information content (AvgIpc) is 2.98. The van der Waals surface area contributed by atoms with Crippen molar-refractivity contribution < 1.29 is 9.53 Å². The number of aromatic nitrogens is 2. The highest BCUT2D eigenvalue weighted by molar-refractivity contribution is 5.94. The van der Waals surface area contributed by atoms with Gasteiger partial charge in [0.2, 0.25) is 0 Å². The second kappa shape index (κ2) is 11.1. The molecule has 1 heterocycles. The fourth-order valence-electron chi connectivity index (χ4n) is 4.73. The summed E-state index contributed by atoms with van der Waals surface area (Å²) in [4.78, 5) is 34.6. The zero-order valence-electron chi connectivity index (χ0n) is 21.5. The fourth-order valence-corrected chi connectivity index (χ4v) is 4.73. The molecule has 1 atom stereocenters. The van der Waals surface area contributed by atoms with Crippen LogP contribution in [0.2, 0.25) is 0 Å². The number of benzene rings is 4. The van der Waals surface area contributed by atoms with E-state index in [1.165, 1.54) is 0 Å². The minimum Gasteiger partial charge on any atom is -0.495 e. The van der Waals surface area contributed by atoms with Crippen molar-refractivity contribution >= 4 is 16.8 Å². The molecule has 1 unspecified atom stereocenters. The van der Waals surface area contributed by atoms with Crippen LogP contribution in [0.15, 0.2) is 114 Å². The van der Waals surface area contributed by atoms with E-state index < -0.39 is 6.04 Å². The van der Waals surface area contributed by atoms with Crippen molar-refractivity contribution in [3.8, 4) is 11.4 Å². The second-order valence-corrected chi connectivity index (χ2v) is 9.08. The standard InChI is InChI=1S/C32H29N3O3/c1-23(34(22-21-24-13-5-3-6-14-24)31(36)25-15-7-4-8-16-25)30-33-27-18-10-9-17-26(27)32(37)35(30)28-19-11-12-20-29(28)38-2/h3-20,23H,21-22H2,1-2H3. The summed E-state index contributed by atoms with van der Waals surface area (Å²) in [6.45, 7) is 2.38. The van der Waals surface area contributed by atoms with Crippen LogP contribution in [0.4, 0.5) is 0 Å². The molecule has 0 saturated carbocycles. The van der Waals surface area contributed by atoms with Gasteiger partial charge in [-0.1, -0.05) is 72.8 Å². The monoisotopic (exact) mass is 503 g/mol. The lowest BCUT2D eigenvalue weighted by atomic mass is 10.1. The van der Waals surface area contributed by atoms with Crippen LogP contribution < -0.4 is 10.3 Å². The summed E-state index contributed by atoms with van der Waals surface area (Å²) >= 11 is 0. The molecule has 0 aliphatic rings. The Kier molecular flexibility index (Phi) is 7.31. The summed E-state index contributed by atoms with van der Waals surface area (Å²) in [5.41, 5.74) is 2.66. The molecule has 0 aliphatic carbocycles. The van der Waals surface area contributed by atoms with Crippen LogP contribution >= 0.6 is 0 Å². The lowest BCUT2D eigenvalue weighted by molar-refractivity contribution is 0.0683. The molecule has 5 aromatic rings. The van der Waals surface area contributed by atoms with E-state index in [9.17, 15) is 9.59 Å². The minimum absolute atomic E-state index is 0.122. The average molecular weight is 504 g/mol. The number of hydrogen-bond acceptors (Lipinski definition) is 4. The first-order chi connectivity index (χ1) is 18.6. The molecule has 6 nitrogen and oxygen atoms in total. The van der Waals surface area contributed by atoms with Gasteiger partial charge in [-0.15, -0.1) is 0 Å². The first kappa shape index (κ1) is 25.0. The van der Waals surface area contributed by atoms with Gasteiger partial charge in [0.15, 0.2) is 0 Å². The van der Waals surface area contributed by atoms with Crippen molar-refractivity contribution in [2.75, 3.05) is 13.7 Å². The Bertz CT molecular complexity index is 1610. The molecule has 190 valence electrons. The SMILES string of the molecule is COc1ccccc1-n1c(C(C)N(CCc2ccccc2)C(=O)c2ccccc2)nc2ccccc2c1=O. The Balaban J connectivity index is 1.67. The number of carbonyl (C=O) groups excluding carboxylic acids is 1. The quantitative estimate of drug-likeness (QED) is 0.267. The molecule has 0 saturated heterocycles. The minimum atomic E-state index is -0.520. The van der Waals surface area contributed by atoms with Gasteiger partial charge >= 0.3 is 0 Å². The lowest BCUT2D eigenvalue weighted by Gasteiger charge is -2.31. The van der Waals surface area contributed by atoms with Gasteiger partial charge in [-0.25, -0.2) is 4.98 Å². The number of amides is 1. The number of ether oxygens (including phenoxy) is 1. The lowest BCUT2D eigenvalue weighted by Crippen LogP contribution is -2.38. The Morgan fingerprint density at radius 3 is 2.24 bits per heavy atom. The highest BCUT2D eigenvalue weighted by Gasteiger charge is 2.28. The van der Waals surface area contributed by atoms with Gasteiger partial charge in [0.25, 0.3) is 11.5 Å². The predicted molar refractivity (Wildman–Crippen MR) is 150 cm³/mol. The van der Waals surface area contributed by atoms with Gasteiger partial charge in [-0.3, -0.25) is 14.2 Å². The van der Waals surface area contributed by atoms with Gasteiger partial charge in [0.1, 0.15) is 11.6 Å². The molecule has 0 spiro atoms. The van der Waals surface area contributed by atoms with Crippen molar-refractivity contribution in [2.24, 2.45) is 0 Å². The van der Waals surface area contributed by atoms with Crippen LogP contribution in [0.1, 0.15) is 34.7 Å². The maximum Gasteiger partial charge on any atom is 0.266 e. The fraction of sp³-hybridized carbons (Fsp3) is 0.156. The molecule has 0 N–H and O–H groups in total. The van der Waals surface area contributed by atoms with Crippen molar-refractivity contribution in [2.45, 2.75) is 19.4 Å². The van der Waals surface area contributed by atoms with Crippen LogP contribution in [0.5, 0.6) is 5.75 Å². The third-order valence-electron chi connectivity index (χ3n) is 6.73. The van der Waals surface area contributed by atoms with E-state index in [0.29, 0.717) is 46.7 Å². The number of fused-ring (bicyclic) bond motifs is 1. The van der Waals surface area contributed by atoms with E-state index in [1.54, 1.807) is 22.6 Å². The molecule has 6 heteroatoms. The summed E-state index contributed by atoms with van der Waals surface area (Å²) in [5, 5.41) is 0.500. The first-order valence-corrected chi connectivity index (χ1v) is 12.6. The summed E-state index contributed by atoms with van der Waals surface area (Å²) in [5.74, 6) is 0.893. The number of methoxy groups -OCH3 is 1. The normalized spacial score (nSPS) is 11.7. The molecule has 0 bridgehead atoms. The van der Waals surface area contributed by atoms with E-state index in [-0.39, 0.29) is 11.5 Å². The number of hydrogen-bond donors (Lipinski definition) is 0. The van der Waals surface area contributed by atoms with Crippen LogP contribution in [0, 0.1) is 0 Å². The van der Waals surface area contributed by atoms with Crippen LogP contribution in [0.3, 0.4) is 0 Å². The summed E-state index contributed by atoms with van der Waals surface area (Å²) in [6, 6.07) is 33.4. The van der Waals surface area contributed by atoms with Crippen molar-refractivity contribution in [1.29, 1.82) is 0 Å². The third kappa shape index (κ3) is 4.93. The van der Waals surface area contributed by atoms with E-state index in [0.717, 1.165) is 5.56 Å².